The number of benzene rings is 2. The van der Waals surface area contributed by atoms with Crippen molar-refractivity contribution >= 4 is 23.8 Å². The fourth-order valence-electron chi connectivity index (χ4n) is 3.39. The summed E-state index contributed by atoms with van der Waals surface area (Å²) in [7, 11) is 0. The number of hydrazine groups is 1. The van der Waals surface area contributed by atoms with Gasteiger partial charge in [-0.25, -0.2) is 4.79 Å². The van der Waals surface area contributed by atoms with Crippen molar-refractivity contribution in [1.82, 2.24) is 21.1 Å². The van der Waals surface area contributed by atoms with Gasteiger partial charge >= 0.3 is 6.03 Å². The number of hydrogen-bond acceptors (Lipinski definition) is 4. The fourth-order valence-corrected chi connectivity index (χ4v) is 3.39. The summed E-state index contributed by atoms with van der Waals surface area (Å²) in [6.45, 7) is 3.55. The van der Waals surface area contributed by atoms with Crippen molar-refractivity contribution in [3.63, 3.8) is 0 Å². The third-order valence-electron chi connectivity index (χ3n) is 5.28. The van der Waals surface area contributed by atoms with E-state index in [4.69, 9.17) is 0 Å². The number of carbonyl (C=O) groups excluding carboxylic acids is 4. The second-order valence-corrected chi connectivity index (χ2v) is 7.74. The summed E-state index contributed by atoms with van der Waals surface area (Å²) >= 11 is 0. The standard InChI is InChI=1S/C23H26N4O4/c1-16-8-6-7-11-18(16)20(29)24-15-13-19(28)26-27-21(30)23(2,25-22(27)31)14-12-17-9-4-3-5-10-17/h3-11H,12-15H2,1-2H3,(H,24,29)(H,25,31)(H,26,28). The molecule has 0 aliphatic carbocycles. The highest BCUT2D eigenvalue weighted by Crippen LogP contribution is 2.22. The molecule has 1 aliphatic heterocycles. The van der Waals surface area contributed by atoms with Gasteiger partial charge in [0.25, 0.3) is 11.8 Å². The van der Waals surface area contributed by atoms with Gasteiger partial charge in [-0.15, -0.1) is 0 Å². The van der Waals surface area contributed by atoms with Crippen LogP contribution in [0.25, 0.3) is 0 Å². The highest BCUT2D eigenvalue weighted by molar-refractivity contribution is 6.07. The molecule has 0 saturated carbocycles. The van der Waals surface area contributed by atoms with Crippen LogP contribution in [0.15, 0.2) is 54.6 Å². The van der Waals surface area contributed by atoms with Crippen LogP contribution in [0.1, 0.15) is 41.3 Å². The van der Waals surface area contributed by atoms with Gasteiger partial charge < -0.3 is 10.6 Å². The first-order chi connectivity index (χ1) is 14.8. The molecule has 1 fully saturated rings. The van der Waals surface area contributed by atoms with E-state index in [1.165, 1.54) is 0 Å². The van der Waals surface area contributed by atoms with E-state index < -0.39 is 23.4 Å². The predicted molar refractivity (Wildman–Crippen MR) is 115 cm³/mol. The summed E-state index contributed by atoms with van der Waals surface area (Å²) < 4.78 is 0. The van der Waals surface area contributed by atoms with E-state index in [1.54, 1.807) is 19.1 Å². The summed E-state index contributed by atoms with van der Waals surface area (Å²) in [4.78, 5) is 49.4. The summed E-state index contributed by atoms with van der Waals surface area (Å²) in [5.41, 5.74) is 3.66. The van der Waals surface area contributed by atoms with Crippen molar-refractivity contribution < 1.29 is 19.2 Å². The fraction of sp³-hybridized carbons (Fsp3) is 0.304. The minimum Gasteiger partial charge on any atom is -0.352 e. The van der Waals surface area contributed by atoms with Crippen molar-refractivity contribution in [3.8, 4) is 0 Å². The van der Waals surface area contributed by atoms with Crippen LogP contribution < -0.4 is 16.1 Å². The lowest BCUT2D eigenvalue weighted by Gasteiger charge is -2.21. The van der Waals surface area contributed by atoms with Crippen molar-refractivity contribution in [2.45, 2.75) is 38.6 Å². The van der Waals surface area contributed by atoms with E-state index >= 15 is 0 Å². The van der Waals surface area contributed by atoms with Gasteiger partial charge in [0.2, 0.25) is 5.91 Å². The van der Waals surface area contributed by atoms with E-state index in [9.17, 15) is 19.2 Å². The number of nitrogens with one attached hydrogen (secondary N) is 3. The predicted octanol–water partition coefficient (Wildman–Crippen LogP) is 2.09. The topological polar surface area (TPSA) is 108 Å². The first-order valence-corrected chi connectivity index (χ1v) is 10.1. The second-order valence-electron chi connectivity index (χ2n) is 7.74. The zero-order chi connectivity index (χ0) is 22.4. The van der Waals surface area contributed by atoms with Gasteiger partial charge in [0.15, 0.2) is 0 Å². The molecule has 1 aliphatic rings. The number of amides is 5. The van der Waals surface area contributed by atoms with Gasteiger partial charge in [0, 0.05) is 18.5 Å². The molecular weight excluding hydrogens is 396 g/mol. The molecule has 2 aromatic carbocycles. The van der Waals surface area contributed by atoms with Crippen LogP contribution in [0.5, 0.6) is 0 Å². The van der Waals surface area contributed by atoms with E-state index in [1.807, 2.05) is 49.4 Å². The molecule has 0 bridgehead atoms. The van der Waals surface area contributed by atoms with Crippen LogP contribution >= 0.6 is 0 Å². The molecule has 1 saturated heterocycles. The van der Waals surface area contributed by atoms with Gasteiger partial charge in [-0.05, 0) is 43.9 Å². The third kappa shape index (κ3) is 5.28. The van der Waals surface area contributed by atoms with Crippen LogP contribution in [0.2, 0.25) is 0 Å². The van der Waals surface area contributed by atoms with Crippen molar-refractivity contribution in [2.75, 3.05) is 6.54 Å². The number of imide groups is 1. The molecule has 162 valence electrons. The highest BCUT2D eigenvalue weighted by Gasteiger charge is 2.48. The average Bonchev–Trinajstić information content (AvgIpc) is 2.96. The molecule has 0 radical (unpaired) electrons. The molecule has 3 rings (SSSR count). The minimum atomic E-state index is -1.10. The Bertz CT molecular complexity index is 992. The monoisotopic (exact) mass is 422 g/mol. The molecule has 0 aromatic heterocycles. The third-order valence-corrected chi connectivity index (χ3v) is 5.28. The molecule has 1 atom stereocenters. The van der Waals surface area contributed by atoms with E-state index in [0.717, 1.165) is 16.1 Å². The Morgan fingerprint density at radius 3 is 2.42 bits per heavy atom. The molecule has 31 heavy (non-hydrogen) atoms. The Balaban J connectivity index is 1.49. The molecule has 1 unspecified atom stereocenters. The van der Waals surface area contributed by atoms with Crippen molar-refractivity contribution in [1.29, 1.82) is 0 Å². The normalized spacial score (nSPS) is 17.9. The van der Waals surface area contributed by atoms with Crippen molar-refractivity contribution in [3.05, 3.63) is 71.3 Å². The number of hydrogen-bond donors (Lipinski definition) is 3. The van der Waals surface area contributed by atoms with E-state index in [0.29, 0.717) is 18.4 Å². The molecule has 0 spiro atoms. The van der Waals surface area contributed by atoms with Gasteiger partial charge in [-0.3, -0.25) is 19.8 Å². The minimum absolute atomic E-state index is 0.0740. The lowest BCUT2D eigenvalue weighted by Crippen LogP contribution is -2.49. The molecule has 1 heterocycles. The first-order valence-electron chi connectivity index (χ1n) is 10.1. The average molecular weight is 422 g/mol. The van der Waals surface area contributed by atoms with Gasteiger partial charge in [-0.2, -0.15) is 5.01 Å². The maximum Gasteiger partial charge on any atom is 0.344 e. The number of nitrogens with zero attached hydrogens (tertiary/aromatic N) is 1. The van der Waals surface area contributed by atoms with Crippen LogP contribution in [0.4, 0.5) is 4.79 Å². The molecule has 3 N–H and O–H groups in total. The second kappa shape index (κ2) is 9.42. The van der Waals surface area contributed by atoms with Gasteiger partial charge in [0.1, 0.15) is 5.54 Å². The Labute approximate surface area is 181 Å². The van der Waals surface area contributed by atoms with Crippen LogP contribution in [0, 0.1) is 6.92 Å². The number of aryl methyl sites for hydroxylation is 2. The lowest BCUT2D eigenvalue weighted by molar-refractivity contribution is -0.138. The number of urea groups is 1. The largest absolute Gasteiger partial charge is 0.352 e. The van der Waals surface area contributed by atoms with E-state index in [2.05, 4.69) is 16.1 Å². The number of carbonyl (C=O) groups is 4. The highest BCUT2D eigenvalue weighted by atomic mass is 16.2. The van der Waals surface area contributed by atoms with Gasteiger partial charge in [-0.1, -0.05) is 48.5 Å². The zero-order valence-electron chi connectivity index (χ0n) is 17.6. The molecular formula is C23H26N4O4. The summed E-state index contributed by atoms with van der Waals surface area (Å²) in [6, 6.07) is 16.1. The summed E-state index contributed by atoms with van der Waals surface area (Å²) in [6.07, 6.45) is 0.936. The molecule has 8 heteroatoms. The zero-order valence-corrected chi connectivity index (χ0v) is 17.6. The SMILES string of the molecule is Cc1ccccc1C(=O)NCCC(=O)NN1C(=O)NC(C)(CCc2ccccc2)C1=O. The number of rotatable bonds is 8. The summed E-state index contributed by atoms with van der Waals surface area (Å²) in [5, 5.41) is 6.05. The first kappa shape index (κ1) is 22.0. The molecule has 5 amide bonds. The van der Waals surface area contributed by atoms with Crippen LogP contribution in [-0.4, -0.2) is 40.8 Å². The quantitative estimate of drug-likeness (QED) is 0.566. The smallest absolute Gasteiger partial charge is 0.344 e. The Kier molecular flexibility index (Phi) is 6.69. The summed E-state index contributed by atoms with van der Waals surface area (Å²) in [5.74, 6) is -1.33. The van der Waals surface area contributed by atoms with E-state index in [-0.39, 0.29) is 18.9 Å². The lowest BCUT2D eigenvalue weighted by atomic mass is 9.93. The van der Waals surface area contributed by atoms with Gasteiger partial charge in [0.05, 0.1) is 0 Å². The van der Waals surface area contributed by atoms with Crippen LogP contribution in [-0.2, 0) is 16.0 Å². The Morgan fingerprint density at radius 1 is 1.03 bits per heavy atom. The Hall–Kier alpha value is -3.68. The maximum absolute atomic E-state index is 12.8. The maximum atomic E-state index is 12.8. The Morgan fingerprint density at radius 2 is 1.71 bits per heavy atom. The molecule has 2 aromatic rings. The molecule has 8 nitrogen and oxygen atoms in total. The van der Waals surface area contributed by atoms with Crippen LogP contribution in [0.3, 0.4) is 0 Å². The van der Waals surface area contributed by atoms with Crippen molar-refractivity contribution in [2.24, 2.45) is 0 Å².